The van der Waals surface area contributed by atoms with Crippen LogP contribution in [0.15, 0.2) is 30.6 Å². The summed E-state index contributed by atoms with van der Waals surface area (Å²) in [6, 6.07) is 2.91. The number of aryl methyl sites for hydroxylation is 1. The van der Waals surface area contributed by atoms with Crippen LogP contribution in [0, 0.1) is 11.6 Å². The molecule has 19 heavy (non-hydrogen) atoms. The first-order chi connectivity index (χ1) is 9.19. The molecule has 0 spiro atoms. The molecular weight excluding hydrogens is 250 g/mol. The fourth-order valence-electron chi connectivity index (χ4n) is 2.08. The molecule has 2 aromatic rings. The van der Waals surface area contributed by atoms with Gasteiger partial charge in [-0.2, -0.15) is 0 Å². The Bertz CT molecular complexity index is 533. The quantitative estimate of drug-likeness (QED) is 0.644. The average Bonchev–Trinajstić information content (AvgIpc) is 2.83. The minimum absolute atomic E-state index is 0.117. The van der Waals surface area contributed by atoms with Crippen LogP contribution in [0.5, 0.6) is 0 Å². The summed E-state index contributed by atoms with van der Waals surface area (Å²) < 4.78 is 29.5. The second-order valence-electron chi connectivity index (χ2n) is 4.21. The summed E-state index contributed by atoms with van der Waals surface area (Å²) in [5.74, 6) is 4.67. The molecule has 4 nitrogen and oxygen atoms in total. The highest BCUT2D eigenvalue weighted by atomic mass is 19.1. The van der Waals surface area contributed by atoms with Gasteiger partial charge in [0.25, 0.3) is 0 Å². The molecule has 2 rings (SSSR count). The summed E-state index contributed by atoms with van der Waals surface area (Å²) in [7, 11) is 0. The molecule has 1 heterocycles. The normalized spacial score (nSPS) is 12.6. The standard InChI is InChI=1S/C13H16F2N4/c1-2-7-19-8-6-17-13(19)12(18-16)11-9(14)4-3-5-10(11)15/h3-6,8,12,18H,2,7,16H2,1H3. The first kappa shape index (κ1) is 13.6. The smallest absolute Gasteiger partial charge is 0.131 e. The molecule has 0 bridgehead atoms. The van der Waals surface area contributed by atoms with E-state index in [1.807, 2.05) is 11.5 Å². The molecule has 0 amide bonds. The van der Waals surface area contributed by atoms with Gasteiger partial charge >= 0.3 is 0 Å². The average molecular weight is 266 g/mol. The predicted octanol–water partition coefficient (Wildman–Crippen LogP) is 2.12. The molecule has 0 saturated carbocycles. The molecular formula is C13H16F2N4. The van der Waals surface area contributed by atoms with Crippen molar-refractivity contribution in [3.05, 3.63) is 53.6 Å². The lowest BCUT2D eigenvalue weighted by Gasteiger charge is -2.18. The third kappa shape index (κ3) is 2.64. The summed E-state index contributed by atoms with van der Waals surface area (Å²) in [6.45, 7) is 2.72. The molecule has 1 aromatic carbocycles. The van der Waals surface area contributed by atoms with Crippen molar-refractivity contribution in [3.63, 3.8) is 0 Å². The van der Waals surface area contributed by atoms with Crippen LogP contribution in [0.4, 0.5) is 8.78 Å². The van der Waals surface area contributed by atoms with Crippen molar-refractivity contribution in [2.75, 3.05) is 0 Å². The van der Waals surface area contributed by atoms with Crippen LogP contribution in [0.1, 0.15) is 30.8 Å². The third-order valence-electron chi connectivity index (χ3n) is 2.93. The zero-order valence-electron chi connectivity index (χ0n) is 10.6. The van der Waals surface area contributed by atoms with E-state index in [0.29, 0.717) is 12.4 Å². The molecule has 0 saturated heterocycles. The zero-order chi connectivity index (χ0) is 13.8. The minimum Gasteiger partial charge on any atom is -0.333 e. The number of benzene rings is 1. The highest BCUT2D eigenvalue weighted by Crippen LogP contribution is 2.25. The van der Waals surface area contributed by atoms with E-state index in [1.54, 1.807) is 12.4 Å². The third-order valence-corrected chi connectivity index (χ3v) is 2.93. The van der Waals surface area contributed by atoms with E-state index in [0.717, 1.165) is 6.42 Å². The maximum absolute atomic E-state index is 13.8. The van der Waals surface area contributed by atoms with Crippen LogP contribution in [-0.4, -0.2) is 9.55 Å². The van der Waals surface area contributed by atoms with Crippen molar-refractivity contribution in [2.24, 2.45) is 5.84 Å². The van der Waals surface area contributed by atoms with Crippen molar-refractivity contribution < 1.29 is 8.78 Å². The number of imidazole rings is 1. The summed E-state index contributed by atoms with van der Waals surface area (Å²) in [5.41, 5.74) is 2.32. The van der Waals surface area contributed by atoms with E-state index < -0.39 is 17.7 Å². The Balaban J connectivity index is 2.47. The van der Waals surface area contributed by atoms with Crippen molar-refractivity contribution >= 4 is 0 Å². The van der Waals surface area contributed by atoms with Gasteiger partial charge in [0.05, 0.1) is 0 Å². The van der Waals surface area contributed by atoms with Crippen LogP contribution >= 0.6 is 0 Å². The Kier molecular flexibility index (Phi) is 4.24. The van der Waals surface area contributed by atoms with Crippen LogP contribution in [0.25, 0.3) is 0 Å². The van der Waals surface area contributed by atoms with Crippen molar-refractivity contribution in [1.82, 2.24) is 15.0 Å². The van der Waals surface area contributed by atoms with Gasteiger partial charge in [-0.05, 0) is 18.6 Å². The van der Waals surface area contributed by atoms with Crippen LogP contribution < -0.4 is 11.3 Å². The van der Waals surface area contributed by atoms with E-state index >= 15 is 0 Å². The SMILES string of the molecule is CCCn1ccnc1C(NN)c1c(F)cccc1F. The lowest BCUT2D eigenvalue weighted by molar-refractivity contribution is 0.482. The second kappa shape index (κ2) is 5.90. The lowest BCUT2D eigenvalue weighted by atomic mass is 10.1. The molecule has 1 unspecified atom stereocenters. The Morgan fingerprint density at radius 2 is 2.05 bits per heavy atom. The Labute approximate surface area is 110 Å². The number of hydrazine groups is 1. The van der Waals surface area contributed by atoms with Gasteiger partial charge in [-0.25, -0.2) is 19.2 Å². The van der Waals surface area contributed by atoms with Crippen molar-refractivity contribution in [2.45, 2.75) is 25.9 Å². The first-order valence-corrected chi connectivity index (χ1v) is 6.10. The Morgan fingerprint density at radius 1 is 1.37 bits per heavy atom. The molecule has 3 N–H and O–H groups in total. The fourth-order valence-corrected chi connectivity index (χ4v) is 2.08. The summed E-state index contributed by atoms with van der Waals surface area (Å²) in [4.78, 5) is 4.15. The number of nitrogens with zero attached hydrogens (tertiary/aromatic N) is 2. The van der Waals surface area contributed by atoms with Gasteiger partial charge in [0, 0.05) is 24.5 Å². The molecule has 0 fully saturated rings. The molecule has 0 aliphatic heterocycles. The molecule has 0 radical (unpaired) electrons. The Hall–Kier alpha value is -1.79. The number of nitrogens with one attached hydrogen (secondary N) is 1. The number of halogens is 2. The van der Waals surface area contributed by atoms with Crippen LogP contribution in [0.3, 0.4) is 0 Å². The van der Waals surface area contributed by atoms with Gasteiger partial charge in [0.15, 0.2) is 0 Å². The molecule has 0 aliphatic carbocycles. The van der Waals surface area contributed by atoms with E-state index in [-0.39, 0.29) is 5.56 Å². The van der Waals surface area contributed by atoms with Crippen molar-refractivity contribution in [3.8, 4) is 0 Å². The van der Waals surface area contributed by atoms with Crippen molar-refractivity contribution in [1.29, 1.82) is 0 Å². The van der Waals surface area contributed by atoms with Gasteiger partial charge in [0.1, 0.15) is 23.5 Å². The molecule has 102 valence electrons. The number of rotatable bonds is 5. The Morgan fingerprint density at radius 3 is 2.63 bits per heavy atom. The van der Waals surface area contributed by atoms with Gasteiger partial charge in [0.2, 0.25) is 0 Å². The first-order valence-electron chi connectivity index (χ1n) is 6.10. The highest BCUT2D eigenvalue weighted by Gasteiger charge is 2.24. The van der Waals surface area contributed by atoms with Crippen LogP contribution in [0.2, 0.25) is 0 Å². The maximum atomic E-state index is 13.8. The van der Waals surface area contributed by atoms with Gasteiger partial charge in [-0.3, -0.25) is 5.84 Å². The maximum Gasteiger partial charge on any atom is 0.131 e. The number of hydrogen-bond donors (Lipinski definition) is 2. The molecule has 0 aliphatic rings. The fraction of sp³-hybridized carbons (Fsp3) is 0.308. The van der Waals surface area contributed by atoms with Gasteiger partial charge in [-0.1, -0.05) is 13.0 Å². The summed E-state index contributed by atoms with van der Waals surface area (Å²) >= 11 is 0. The lowest BCUT2D eigenvalue weighted by Crippen LogP contribution is -2.32. The highest BCUT2D eigenvalue weighted by molar-refractivity contribution is 5.28. The van der Waals surface area contributed by atoms with Gasteiger partial charge in [-0.15, -0.1) is 0 Å². The van der Waals surface area contributed by atoms with Gasteiger partial charge < -0.3 is 4.57 Å². The van der Waals surface area contributed by atoms with Crippen LogP contribution in [-0.2, 0) is 6.54 Å². The van der Waals surface area contributed by atoms with E-state index in [4.69, 9.17) is 5.84 Å². The van der Waals surface area contributed by atoms with E-state index in [9.17, 15) is 8.78 Å². The predicted molar refractivity (Wildman–Crippen MR) is 68.0 cm³/mol. The molecule has 1 atom stereocenters. The second-order valence-corrected chi connectivity index (χ2v) is 4.21. The number of aromatic nitrogens is 2. The number of hydrogen-bond acceptors (Lipinski definition) is 3. The topological polar surface area (TPSA) is 55.9 Å². The molecule has 1 aromatic heterocycles. The summed E-state index contributed by atoms with van der Waals surface area (Å²) in [5, 5.41) is 0. The van der Waals surface area contributed by atoms with E-state index in [1.165, 1.54) is 18.2 Å². The zero-order valence-corrected chi connectivity index (χ0v) is 10.6. The number of nitrogens with two attached hydrogens (primary N) is 1. The summed E-state index contributed by atoms with van der Waals surface area (Å²) in [6.07, 6.45) is 4.25. The minimum atomic E-state index is -0.817. The molecule has 6 heteroatoms. The monoisotopic (exact) mass is 266 g/mol. The van der Waals surface area contributed by atoms with E-state index in [2.05, 4.69) is 10.4 Å². The largest absolute Gasteiger partial charge is 0.333 e.